The van der Waals surface area contributed by atoms with E-state index >= 15 is 0 Å². The minimum absolute atomic E-state index is 1.22. The zero-order chi connectivity index (χ0) is 20.1. The van der Waals surface area contributed by atoms with Gasteiger partial charge >= 0.3 is 0 Å². The molecule has 0 amide bonds. The van der Waals surface area contributed by atoms with Crippen molar-refractivity contribution in [2.75, 3.05) is 0 Å². The summed E-state index contributed by atoms with van der Waals surface area (Å²) in [5.74, 6) is 1.81. The molecule has 0 aliphatic carbocycles. The van der Waals surface area contributed by atoms with Gasteiger partial charge in [-0.1, -0.05) is 147 Å². The summed E-state index contributed by atoms with van der Waals surface area (Å²) in [6, 6.07) is 11.1. The van der Waals surface area contributed by atoms with Gasteiger partial charge in [0.15, 0.2) is 0 Å². The van der Waals surface area contributed by atoms with E-state index in [0.717, 1.165) is 0 Å². The minimum Gasteiger partial charge on any atom is -0.0654 e. The highest BCUT2D eigenvalue weighted by atomic mass is 14.2. The molecule has 0 aliphatic rings. The maximum Gasteiger partial charge on any atom is -0.0197 e. The predicted molar refractivity (Wildman–Crippen MR) is 128 cm³/mol. The lowest BCUT2D eigenvalue weighted by molar-refractivity contribution is 0.532. The van der Waals surface area contributed by atoms with Crippen LogP contribution in [0, 0.1) is 5.92 Å². The first-order valence-electron chi connectivity index (χ1n) is 12.7. The molecule has 0 heterocycles. The van der Waals surface area contributed by atoms with Crippen LogP contribution >= 0.6 is 0 Å². The van der Waals surface area contributed by atoms with E-state index in [0.29, 0.717) is 0 Å². The Labute approximate surface area is 177 Å². The van der Waals surface area contributed by atoms with Crippen molar-refractivity contribution in [3.05, 3.63) is 41.8 Å². The van der Waals surface area contributed by atoms with Gasteiger partial charge in [0, 0.05) is 0 Å². The molecule has 0 heteroatoms. The first kappa shape index (κ1) is 25.3. The number of hydrogen-bond acceptors (Lipinski definition) is 0. The monoisotopic (exact) mass is 385 g/mol. The van der Waals surface area contributed by atoms with Crippen LogP contribution in [0.4, 0.5) is 0 Å². The number of hydrogen-bond donors (Lipinski definition) is 0. The van der Waals surface area contributed by atoms with E-state index in [1.54, 1.807) is 0 Å². The summed E-state index contributed by atoms with van der Waals surface area (Å²) in [7, 11) is 0. The molecule has 1 aromatic rings. The molecule has 0 fully saturated rings. The zero-order valence-electron chi connectivity index (χ0n) is 19.3. The van der Waals surface area contributed by atoms with Gasteiger partial charge in [0.1, 0.15) is 0 Å². The van der Waals surface area contributed by atoms with E-state index in [4.69, 9.17) is 0 Å². The van der Waals surface area contributed by atoms with Gasteiger partial charge in [0.25, 0.3) is 0 Å². The van der Waals surface area contributed by atoms with Crippen molar-refractivity contribution >= 4 is 0 Å². The van der Waals surface area contributed by atoms with Gasteiger partial charge < -0.3 is 0 Å². The van der Waals surface area contributed by atoms with Crippen LogP contribution in [0.1, 0.15) is 135 Å². The fourth-order valence-corrected chi connectivity index (χ4v) is 4.20. The fourth-order valence-electron chi connectivity index (χ4n) is 4.20. The van der Waals surface area contributed by atoms with Crippen molar-refractivity contribution in [1.29, 1.82) is 0 Å². The van der Waals surface area contributed by atoms with Crippen LogP contribution < -0.4 is 0 Å². The van der Waals surface area contributed by atoms with Crippen LogP contribution in [0.5, 0.6) is 0 Å². The summed E-state index contributed by atoms with van der Waals surface area (Å²) in [6.45, 7) is 4.60. The molecular weight excluding hydrogens is 336 g/mol. The highest BCUT2D eigenvalue weighted by Gasteiger charge is 2.10. The summed E-state index contributed by atoms with van der Waals surface area (Å²) < 4.78 is 0. The molecule has 1 rings (SSSR count). The molecule has 0 spiro atoms. The van der Waals surface area contributed by atoms with Gasteiger partial charge in [-0.2, -0.15) is 0 Å². The quantitative estimate of drug-likeness (QED) is 0.196. The minimum atomic E-state index is 1.22. The summed E-state index contributed by atoms with van der Waals surface area (Å²) >= 11 is 0. The highest BCUT2D eigenvalue weighted by Crippen LogP contribution is 2.25. The van der Waals surface area contributed by atoms with Gasteiger partial charge in [-0.25, -0.2) is 0 Å². The van der Waals surface area contributed by atoms with Gasteiger partial charge in [0.05, 0.1) is 0 Å². The van der Waals surface area contributed by atoms with Crippen molar-refractivity contribution in [2.45, 2.75) is 136 Å². The van der Waals surface area contributed by atoms with Crippen LogP contribution in [-0.4, -0.2) is 0 Å². The normalized spacial score (nSPS) is 11.4. The lowest BCUT2D eigenvalue weighted by atomic mass is 9.88. The summed E-state index contributed by atoms with van der Waals surface area (Å²) in [5, 5.41) is 0. The molecule has 0 unspecified atom stereocenters. The Bertz CT molecular complexity index is 387. The maximum atomic E-state index is 2.31. The molecule has 1 aromatic carbocycles. The molecule has 28 heavy (non-hydrogen) atoms. The topological polar surface area (TPSA) is 0 Å². The zero-order valence-corrected chi connectivity index (χ0v) is 19.3. The van der Waals surface area contributed by atoms with E-state index in [1.165, 1.54) is 128 Å². The molecule has 0 aliphatic heterocycles. The van der Waals surface area contributed by atoms with Gasteiger partial charge in [0.2, 0.25) is 0 Å². The van der Waals surface area contributed by atoms with Crippen molar-refractivity contribution in [2.24, 2.45) is 0 Å². The Morgan fingerprint density at radius 2 is 0.893 bits per heavy atom. The molecule has 0 saturated heterocycles. The SMILES string of the molecule is CCCCCCCCCC[C](CCCCCCCCCC)Cc1ccccc1. The number of rotatable bonds is 20. The van der Waals surface area contributed by atoms with Crippen LogP contribution in [-0.2, 0) is 6.42 Å². The van der Waals surface area contributed by atoms with Crippen molar-refractivity contribution in [3.8, 4) is 0 Å². The second kappa shape index (κ2) is 19.5. The first-order valence-corrected chi connectivity index (χ1v) is 12.7. The molecule has 1 radical (unpaired) electrons. The Morgan fingerprint density at radius 3 is 1.32 bits per heavy atom. The van der Waals surface area contributed by atoms with E-state index in [9.17, 15) is 0 Å². The van der Waals surface area contributed by atoms with Gasteiger partial charge in [-0.15, -0.1) is 0 Å². The Balaban J connectivity index is 2.17. The van der Waals surface area contributed by atoms with E-state index in [-0.39, 0.29) is 0 Å². The lowest BCUT2D eigenvalue weighted by Gasteiger charge is -2.17. The number of unbranched alkanes of at least 4 members (excludes halogenated alkanes) is 14. The second-order valence-corrected chi connectivity index (χ2v) is 8.86. The molecular formula is C28H49. The third-order valence-corrected chi connectivity index (χ3v) is 6.06. The second-order valence-electron chi connectivity index (χ2n) is 8.86. The molecule has 0 aromatic heterocycles. The lowest BCUT2D eigenvalue weighted by Crippen LogP contribution is -2.03. The predicted octanol–water partition coefficient (Wildman–Crippen LogP) is 9.87. The largest absolute Gasteiger partial charge is 0.0654 e. The molecule has 0 N–H and O–H groups in total. The Morgan fingerprint density at radius 1 is 0.500 bits per heavy atom. The average molecular weight is 386 g/mol. The molecule has 161 valence electrons. The van der Waals surface area contributed by atoms with Crippen LogP contribution in [0.25, 0.3) is 0 Å². The summed E-state index contributed by atoms with van der Waals surface area (Å²) in [6.07, 6.45) is 26.8. The average Bonchev–Trinajstić information content (AvgIpc) is 2.72. The molecule has 0 bridgehead atoms. The molecule has 0 atom stereocenters. The fraction of sp³-hybridized carbons (Fsp3) is 0.750. The number of benzene rings is 1. The van der Waals surface area contributed by atoms with E-state index < -0.39 is 0 Å². The molecule has 0 nitrogen and oxygen atoms in total. The standard InChI is InChI=1S/C28H49/c1-3-5-7-9-11-13-15-18-22-27(26-28-24-20-17-21-25-28)23-19-16-14-12-10-8-6-4-2/h17,20-21,24-25H,3-16,18-19,22-23,26H2,1-2H3. The first-order chi connectivity index (χ1) is 13.9. The summed E-state index contributed by atoms with van der Waals surface area (Å²) in [5.41, 5.74) is 1.51. The maximum absolute atomic E-state index is 2.31. The van der Waals surface area contributed by atoms with Crippen molar-refractivity contribution in [1.82, 2.24) is 0 Å². The highest BCUT2D eigenvalue weighted by molar-refractivity contribution is 5.19. The Hall–Kier alpha value is -0.780. The third-order valence-electron chi connectivity index (χ3n) is 6.06. The van der Waals surface area contributed by atoms with Crippen LogP contribution in [0.3, 0.4) is 0 Å². The van der Waals surface area contributed by atoms with Crippen LogP contribution in [0.15, 0.2) is 30.3 Å². The van der Waals surface area contributed by atoms with Crippen LogP contribution in [0.2, 0.25) is 0 Å². The van der Waals surface area contributed by atoms with Gasteiger partial charge in [-0.05, 0) is 30.7 Å². The van der Waals surface area contributed by atoms with E-state index in [2.05, 4.69) is 44.2 Å². The van der Waals surface area contributed by atoms with Crippen molar-refractivity contribution in [3.63, 3.8) is 0 Å². The van der Waals surface area contributed by atoms with Gasteiger partial charge in [-0.3, -0.25) is 0 Å². The molecule has 0 saturated carbocycles. The third kappa shape index (κ3) is 15.2. The van der Waals surface area contributed by atoms with Crippen molar-refractivity contribution < 1.29 is 0 Å². The van der Waals surface area contributed by atoms with E-state index in [1.807, 2.05) is 5.92 Å². The Kier molecular flexibility index (Phi) is 17.6. The smallest absolute Gasteiger partial charge is 0.0197 e. The summed E-state index contributed by atoms with van der Waals surface area (Å²) in [4.78, 5) is 0.